The van der Waals surface area contributed by atoms with Crippen molar-refractivity contribution in [2.24, 2.45) is 0 Å². The van der Waals surface area contributed by atoms with Crippen molar-refractivity contribution in [1.29, 1.82) is 0 Å². The van der Waals surface area contributed by atoms with Crippen LogP contribution in [0, 0.1) is 0 Å². The number of fused-ring (bicyclic) bond motifs is 6. The Kier molecular flexibility index (Phi) is 6.89. The quantitative estimate of drug-likeness (QED) is 0.172. The third-order valence-electron chi connectivity index (χ3n) is 9.96. The molecule has 0 bridgehead atoms. The van der Waals surface area contributed by atoms with Gasteiger partial charge in [0.05, 0.1) is 27.9 Å². The van der Waals surface area contributed by atoms with Crippen molar-refractivity contribution in [3.05, 3.63) is 192 Å². The summed E-state index contributed by atoms with van der Waals surface area (Å²) in [5.41, 5.74) is 9.50. The molecule has 7 aromatic carbocycles. The molecule has 5 heteroatoms. The van der Waals surface area contributed by atoms with Crippen molar-refractivity contribution in [2.45, 2.75) is 0 Å². The molecule has 0 aliphatic rings. The first-order valence-electron chi connectivity index (χ1n) is 17.4. The second-order valence-electron chi connectivity index (χ2n) is 13.0. The Morgan fingerprint density at radius 2 is 0.808 bits per heavy atom. The fourth-order valence-electron chi connectivity index (χ4n) is 7.52. The molecule has 5 nitrogen and oxygen atoms in total. The van der Waals surface area contributed by atoms with Crippen molar-refractivity contribution in [3.8, 4) is 45.3 Å². The molecule has 0 saturated heterocycles. The second-order valence-corrected chi connectivity index (χ2v) is 13.0. The van der Waals surface area contributed by atoms with E-state index in [1.165, 1.54) is 10.8 Å². The van der Waals surface area contributed by atoms with Gasteiger partial charge < -0.3 is 4.57 Å². The van der Waals surface area contributed by atoms with Crippen molar-refractivity contribution >= 4 is 43.5 Å². The van der Waals surface area contributed by atoms with Crippen LogP contribution in [-0.2, 0) is 0 Å². The number of benzene rings is 7. The summed E-state index contributed by atoms with van der Waals surface area (Å²) in [4.78, 5) is 24.5. The van der Waals surface area contributed by atoms with Crippen LogP contribution in [0.2, 0.25) is 0 Å². The molecule has 0 saturated carbocycles. The SMILES string of the molecule is O=c1c2ccccc2c2cc(-c3nc(-c4ccccc4)cc(-c4ccccc4)n3)ccc2n1-c1ccc(-n2c3ccccc3c3ccccc32)cc1. The first kappa shape index (κ1) is 29.8. The fourth-order valence-corrected chi connectivity index (χ4v) is 7.52. The third kappa shape index (κ3) is 4.83. The second kappa shape index (κ2) is 12.0. The van der Waals surface area contributed by atoms with Gasteiger partial charge in [-0.25, -0.2) is 9.97 Å². The molecule has 244 valence electrons. The Morgan fingerprint density at radius 1 is 0.346 bits per heavy atom. The van der Waals surface area contributed by atoms with Crippen LogP contribution in [0.1, 0.15) is 0 Å². The van der Waals surface area contributed by atoms with E-state index < -0.39 is 0 Å². The molecule has 0 amide bonds. The van der Waals surface area contributed by atoms with Gasteiger partial charge in [-0.15, -0.1) is 0 Å². The molecule has 10 rings (SSSR count). The van der Waals surface area contributed by atoms with Gasteiger partial charge in [-0.3, -0.25) is 9.36 Å². The van der Waals surface area contributed by atoms with Crippen LogP contribution in [0.4, 0.5) is 0 Å². The lowest BCUT2D eigenvalue weighted by atomic mass is 10.0. The highest BCUT2D eigenvalue weighted by Gasteiger charge is 2.17. The number of rotatable bonds is 5. The van der Waals surface area contributed by atoms with Crippen molar-refractivity contribution in [1.82, 2.24) is 19.1 Å². The average molecular weight is 667 g/mol. The highest BCUT2D eigenvalue weighted by molar-refractivity contribution is 6.09. The molecule has 3 aromatic heterocycles. The summed E-state index contributed by atoms with van der Waals surface area (Å²) in [6, 6.07) is 61.7. The highest BCUT2D eigenvalue weighted by atomic mass is 16.1. The first-order chi connectivity index (χ1) is 25.7. The average Bonchev–Trinajstić information content (AvgIpc) is 3.56. The van der Waals surface area contributed by atoms with E-state index in [9.17, 15) is 4.79 Å². The lowest BCUT2D eigenvalue weighted by molar-refractivity contribution is 1.05. The van der Waals surface area contributed by atoms with Gasteiger partial charge >= 0.3 is 0 Å². The zero-order valence-corrected chi connectivity index (χ0v) is 28.0. The highest BCUT2D eigenvalue weighted by Crippen LogP contribution is 2.34. The molecular weight excluding hydrogens is 637 g/mol. The van der Waals surface area contributed by atoms with Gasteiger partial charge in [0.2, 0.25) is 0 Å². The van der Waals surface area contributed by atoms with E-state index in [1.807, 2.05) is 95.6 Å². The molecule has 52 heavy (non-hydrogen) atoms. The Hall–Kier alpha value is -7.11. The van der Waals surface area contributed by atoms with E-state index in [4.69, 9.17) is 9.97 Å². The molecule has 0 aliphatic carbocycles. The maximum atomic E-state index is 14.3. The number of para-hydroxylation sites is 2. The van der Waals surface area contributed by atoms with E-state index in [-0.39, 0.29) is 5.56 Å². The summed E-state index contributed by atoms with van der Waals surface area (Å²) in [6.07, 6.45) is 0. The van der Waals surface area contributed by atoms with Crippen LogP contribution in [0.5, 0.6) is 0 Å². The molecule has 0 aliphatic heterocycles. The van der Waals surface area contributed by atoms with Gasteiger partial charge in [0.25, 0.3) is 5.56 Å². The monoisotopic (exact) mass is 666 g/mol. The predicted octanol–water partition coefficient (Wildman–Crippen LogP) is 11.0. The number of hydrogen-bond acceptors (Lipinski definition) is 3. The molecule has 0 unspecified atom stereocenters. The van der Waals surface area contributed by atoms with E-state index in [0.29, 0.717) is 11.2 Å². The minimum Gasteiger partial charge on any atom is -0.309 e. The largest absolute Gasteiger partial charge is 0.309 e. The minimum atomic E-state index is -0.0610. The lowest BCUT2D eigenvalue weighted by Gasteiger charge is -2.16. The van der Waals surface area contributed by atoms with Gasteiger partial charge in [-0.2, -0.15) is 0 Å². The maximum absolute atomic E-state index is 14.3. The normalized spacial score (nSPS) is 11.5. The van der Waals surface area contributed by atoms with E-state index in [1.54, 1.807) is 0 Å². The maximum Gasteiger partial charge on any atom is 0.263 e. The van der Waals surface area contributed by atoms with Crippen LogP contribution in [0.15, 0.2) is 187 Å². The predicted molar refractivity (Wildman–Crippen MR) is 213 cm³/mol. The molecule has 0 spiro atoms. The van der Waals surface area contributed by atoms with Gasteiger partial charge in [0, 0.05) is 49.6 Å². The fraction of sp³-hybridized carbons (Fsp3) is 0. The summed E-state index contributed by atoms with van der Waals surface area (Å²) in [6.45, 7) is 0. The first-order valence-corrected chi connectivity index (χ1v) is 17.4. The molecule has 0 fully saturated rings. The summed E-state index contributed by atoms with van der Waals surface area (Å²) in [5, 5.41) is 4.93. The van der Waals surface area contributed by atoms with Crippen molar-refractivity contribution in [3.63, 3.8) is 0 Å². The standard InChI is InChI=1S/C47H30N4O/c52-47-39-20-8-7-17-36(39)40-29-33(46-48-41(31-13-3-1-4-14-31)30-42(49-46)32-15-5-2-6-16-32)23-28-45(40)51(47)35-26-24-34(25-27-35)50-43-21-11-9-18-37(43)38-19-10-12-22-44(38)50/h1-30H. The zero-order valence-electron chi connectivity index (χ0n) is 28.0. The minimum absolute atomic E-state index is 0.0610. The van der Waals surface area contributed by atoms with Crippen LogP contribution in [0.3, 0.4) is 0 Å². The van der Waals surface area contributed by atoms with Crippen molar-refractivity contribution in [2.75, 3.05) is 0 Å². The summed E-state index contributed by atoms with van der Waals surface area (Å²) in [5.74, 6) is 0.625. The van der Waals surface area contributed by atoms with Crippen molar-refractivity contribution < 1.29 is 0 Å². The molecule has 10 aromatic rings. The number of aromatic nitrogens is 4. The molecule has 0 radical (unpaired) electrons. The van der Waals surface area contributed by atoms with Crippen LogP contribution in [0.25, 0.3) is 88.8 Å². The summed E-state index contributed by atoms with van der Waals surface area (Å²) < 4.78 is 4.11. The Bertz CT molecular complexity index is 2910. The number of hydrogen-bond donors (Lipinski definition) is 0. The Balaban J connectivity index is 1.15. The molecule has 0 N–H and O–H groups in total. The topological polar surface area (TPSA) is 52.7 Å². The lowest BCUT2D eigenvalue weighted by Crippen LogP contribution is -2.19. The molecule has 0 atom stereocenters. The third-order valence-corrected chi connectivity index (χ3v) is 9.96. The van der Waals surface area contributed by atoms with Crippen LogP contribution >= 0.6 is 0 Å². The summed E-state index contributed by atoms with van der Waals surface area (Å²) >= 11 is 0. The Labute approximate surface area is 299 Å². The van der Waals surface area contributed by atoms with Gasteiger partial charge in [0.1, 0.15) is 0 Å². The smallest absolute Gasteiger partial charge is 0.263 e. The van der Waals surface area contributed by atoms with Gasteiger partial charge in [0.15, 0.2) is 5.82 Å². The van der Waals surface area contributed by atoms with Gasteiger partial charge in [-0.1, -0.05) is 115 Å². The van der Waals surface area contributed by atoms with E-state index in [2.05, 4.69) is 95.6 Å². The van der Waals surface area contributed by atoms with Crippen LogP contribution in [-0.4, -0.2) is 19.1 Å². The number of pyridine rings is 1. The van der Waals surface area contributed by atoms with E-state index in [0.717, 1.165) is 66.8 Å². The molecule has 3 heterocycles. The van der Waals surface area contributed by atoms with Crippen LogP contribution < -0.4 is 5.56 Å². The molecular formula is C47H30N4O. The zero-order chi connectivity index (χ0) is 34.6. The number of nitrogens with zero attached hydrogens (tertiary/aromatic N) is 4. The van der Waals surface area contributed by atoms with E-state index >= 15 is 0 Å². The Morgan fingerprint density at radius 3 is 1.38 bits per heavy atom. The van der Waals surface area contributed by atoms with Gasteiger partial charge in [-0.05, 0) is 72.1 Å². The summed E-state index contributed by atoms with van der Waals surface area (Å²) in [7, 11) is 0.